The summed E-state index contributed by atoms with van der Waals surface area (Å²) in [7, 11) is 1.47. The highest BCUT2D eigenvalue weighted by Gasteiger charge is 2.17. The third kappa shape index (κ3) is 6.95. The summed E-state index contributed by atoms with van der Waals surface area (Å²) >= 11 is 0. The summed E-state index contributed by atoms with van der Waals surface area (Å²) in [5.74, 6) is -1.21. The van der Waals surface area contributed by atoms with E-state index in [-0.39, 0.29) is 41.5 Å². The molecule has 0 radical (unpaired) electrons. The molecule has 0 atom stereocenters. The number of nitrogens with zero attached hydrogens (tertiary/aromatic N) is 2. The van der Waals surface area contributed by atoms with Crippen LogP contribution in [0.1, 0.15) is 19.4 Å². The predicted octanol–water partition coefficient (Wildman–Crippen LogP) is 5.67. The highest BCUT2D eigenvalue weighted by molar-refractivity contribution is 5.98. The Labute approximate surface area is 223 Å². The van der Waals surface area contributed by atoms with Gasteiger partial charge in [-0.15, -0.1) is 0 Å². The van der Waals surface area contributed by atoms with Crippen LogP contribution in [0.25, 0.3) is 10.9 Å². The van der Waals surface area contributed by atoms with Crippen molar-refractivity contribution in [1.29, 1.82) is 0 Å². The SMILES string of the molecule is COc1cc2ncnc(Oc3ccc(NC(=O)NCCc4cccc(F)c4)cc3F)c2cc1NC(=O)C(C)C. The summed E-state index contributed by atoms with van der Waals surface area (Å²) in [6.07, 6.45) is 1.71. The molecule has 4 rings (SSSR count). The number of rotatable bonds is 9. The number of fused-ring (bicyclic) bond motifs is 1. The van der Waals surface area contributed by atoms with Crippen molar-refractivity contribution in [2.75, 3.05) is 24.3 Å². The third-order valence-electron chi connectivity index (χ3n) is 5.69. The Balaban J connectivity index is 1.45. The number of urea groups is 1. The number of benzene rings is 3. The van der Waals surface area contributed by atoms with Gasteiger partial charge in [0, 0.05) is 30.3 Å². The fourth-order valence-electron chi connectivity index (χ4n) is 3.64. The van der Waals surface area contributed by atoms with E-state index >= 15 is 0 Å². The van der Waals surface area contributed by atoms with E-state index in [1.807, 2.05) is 0 Å². The predicted molar refractivity (Wildman–Crippen MR) is 143 cm³/mol. The number of amides is 3. The molecule has 0 unspecified atom stereocenters. The van der Waals surface area contributed by atoms with E-state index in [0.717, 1.165) is 11.6 Å². The number of carbonyl (C=O) groups is 2. The Bertz CT molecular complexity index is 1510. The first-order valence-corrected chi connectivity index (χ1v) is 12.1. The first kappa shape index (κ1) is 27.2. The number of aromatic nitrogens is 2. The van der Waals surface area contributed by atoms with E-state index in [2.05, 4.69) is 25.9 Å². The molecule has 11 heteroatoms. The summed E-state index contributed by atoms with van der Waals surface area (Å²) in [6.45, 7) is 3.79. The Morgan fingerprint density at radius 2 is 1.79 bits per heavy atom. The van der Waals surface area contributed by atoms with E-state index in [9.17, 15) is 18.4 Å². The molecular weight excluding hydrogens is 508 g/mol. The van der Waals surface area contributed by atoms with Crippen LogP contribution in [0.15, 0.2) is 60.9 Å². The molecule has 0 spiro atoms. The minimum absolute atomic E-state index is 0.0670. The van der Waals surface area contributed by atoms with Crippen molar-refractivity contribution in [3.8, 4) is 17.4 Å². The van der Waals surface area contributed by atoms with Crippen molar-refractivity contribution < 1.29 is 27.8 Å². The minimum Gasteiger partial charge on any atom is -0.494 e. The molecule has 0 aliphatic heterocycles. The standard InChI is InChI=1S/C28H27F2N5O4/c1-16(2)26(36)35-23-13-20-22(14-25(23)38-3)32-15-33-27(20)39-24-8-7-19(12-21(24)30)34-28(37)31-10-9-17-5-4-6-18(29)11-17/h4-8,11-16H,9-10H2,1-3H3,(H,35,36)(H2,31,34,37). The minimum atomic E-state index is -0.735. The molecule has 0 aliphatic carbocycles. The monoisotopic (exact) mass is 535 g/mol. The molecule has 3 amide bonds. The van der Waals surface area contributed by atoms with Gasteiger partial charge in [0.15, 0.2) is 11.6 Å². The van der Waals surface area contributed by atoms with Crippen LogP contribution < -0.4 is 25.4 Å². The van der Waals surface area contributed by atoms with Crippen LogP contribution in [-0.2, 0) is 11.2 Å². The molecule has 9 nitrogen and oxygen atoms in total. The lowest BCUT2D eigenvalue weighted by Gasteiger charge is -2.14. The maximum absolute atomic E-state index is 14.9. The molecule has 1 aromatic heterocycles. The Hall–Kier alpha value is -4.80. The van der Waals surface area contributed by atoms with Crippen LogP contribution in [0.3, 0.4) is 0 Å². The van der Waals surface area contributed by atoms with Gasteiger partial charge in [-0.3, -0.25) is 4.79 Å². The van der Waals surface area contributed by atoms with Crippen LogP contribution in [0, 0.1) is 17.6 Å². The molecule has 0 bridgehead atoms. The number of hydrogen-bond donors (Lipinski definition) is 3. The van der Waals surface area contributed by atoms with Crippen LogP contribution in [-0.4, -0.2) is 35.6 Å². The second kappa shape index (κ2) is 12.2. The molecule has 39 heavy (non-hydrogen) atoms. The number of nitrogens with one attached hydrogen (secondary N) is 3. The largest absolute Gasteiger partial charge is 0.494 e. The van der Waals surface area contributed by atoms with Gasteiger partial charge in [0.1, 0.15) is 17.9 Å². The highest BCUT2D eigenvalue weighted by atomic mass is 19.1. The zero-order valence-electron chi connectivity index (χ0n) is 21.5. The maximum Gasteiger partial charge on any atom is 0.319 e. The average molecular weight is 536 g/mol. The number of ether oxygens (including phenoxy) is 2. The normalized spacial score (nSPS) is 10.8. The van der Waals surface area contributed by atoms with Gasteiger partial charge in [0.25, 0.3) is 0 Å². The van der Waals surface area contributed by atoms with Crippen LogP contribution in [0.4, 0.5) is 25.0 Å². The molecule has 3 aromatic carbocycles. The molecule has 0 aliphatic rings. The van der Waals surface area contributed by atoms with E-state index in [1.54, 1.807) is 38.1 Å². The summed E-state index contributed by atoms with van der Waals surface area (Å²) in [6, 6.07) is 12.7. The molecular formula is C28H27F2N5O4. The van der Waals surface area contributed by atoms with Gasteiger partial charge in [0.2, 0.25) is 11.8 Å². The summed E-state index contributed by atoms with van der Waals surface area (Å²) in [5.41, 5.74) is 1.81. The molecule has 202 valence electrons. The second-order valence-electron chi connectivity index (χ2n) is 8.90. The fourth-order valence-corrected chi connectivity index (χ4v) is 3.64. The van der Waals surface area contributed by atoms with Gasteiger partial charge in [-0.2, -0.15) is 0 Å². The lowest BCUT2D eigenvalue weighted by molar-refractivity contribution is -0.118. The zero-order valence-corrected chi connectivity index (χ0v) is 21.5. The van der Waals surface area contributed by atoms with Crippen molar-refractivity contribution in [3.05, 3.63) is 78.1 Å². The van der Waals surface area contributed by atoms with Crippen molar-refractivity contribution in [2.45, 2.75) is 20.3 Å². The molecule has 0 saturated carbocycles. The van der Waals surface area contributed by atoms with E-state index in [4.69, 9.17) is 9.47 Å². The first-order chi connectivity index (χ1) is 18.7. The van der Waals surface area contributed by atoms with Gasteiger partial charge in [0.05, 0.1) is 23.7 Å². The molecule has 0 saturated heterocycles. The number of carbonyl (C=O) groups excluding carboxylic acids is 2. The Kier molecular flexibility index (Phi) is 8.50. The number of methoxy groups -OCH3 is 1. The second-order valence-corrected chi connectivity index (χ2v) is 8.90. The number of hydrogen-bond acceptors (Lipinski definition) is 6. The van der Waals surface area contributed by atoms with Crippen molar-refractivity contribution >= 4 is 34.2 Å². The van der Waals surface area contributed by atoms with Gasteiger partial charge >= 0.3 is 6.03 Å². The molecule has 3 N–H and O–H groups in total. The Morgan fingerprint density at radius 1 is 0.974 bits per heavy atom. The highest BCUT2D eigenvalue weighted by Crippen LogP contribution is 2.35. The van der Waals surface area contributed by atoms with Crippen LogP contribution in [0.2, 0.25) is 0 Å². The third-order valence-corrected chi connectivity index (χ3v) is 5.69. The van der Waals surface area contributed by atoms with E-state index in [1.165, 1.54) is 37.7 Å². The van der Waals surface area contributed by atoms with Crippen molar-refractivity contribution in [1.82, 2.24) is 15.3 Å². The lowest BCUT2D eigenvalue weighted by atomic mass is 10.1. The zero-order chi connectivity index (χ0) is 27.9. The average Bonchev–Trinajstić information content (AvgIpc) is 2.90. The fraction of sp³-hybridized carbons (Fsp3) is 0.214. The van der Waals surface area contributed by atoms with E-state index in [0.29, 0.717) is 28.8 Å². The summed E-state index contributed by atoms with van der Waals surface area (Å²) in [5, 5.41) is 8.42. The topological polar surface area (TPSA) is 114 Å². The summed E-state index contributed by atoms with van der Waals surface area (Å²) in [4.78, 5) is 32.8. The van der Waals surface area contributed by atoms with Gasteiger partial charge < -0.3 is 25.4 Å². The molecule has 1 heterocycles. The van der Waals surface area contributed by atoms with E-state index < -0.39 is 11.8 Å². The van der Waals surface area contributed by atoms with Crippen LogP contribution >= 0.6 is 0 Å². The van der Waals surface area contributed by atoms with Gasteiger partial charge in [-0.05, 0) is 42.3 Å². The van der Waals surface area contributed by atoms with Crippen LogP contribution in [0.5, 0.6) is 17.4 Å². The smallest absolute Gasteiger partial charge is 0.319 e. The van der Waals surface area contributed by atoms with Crippen molar-refractivity contribution in [2.24, 2.45) is 5.92 Å². The molecule has 0 fully saturated rings. The van der Waals surface area contributed by atoms with Crippen molar-refractivity contribution in [3.63, 3.8) is 0 Å². The maximum atomic E-state index is 14.9. The quantitative estimate of drug-likeness (QED) is 0.255. The Morgan fingerprint density at radius 3 is 2.51 bits per heavy atom. The lowest BCUT2D eigenvalue weighted by Crippen LogP contribution is -2.30. The number of anilines is 2. The molecule has 4 aromatic rings. The first-order valence-electron chi connectivity index (χ1n) is 12.1. The van der Waals surface area contributed by atoms with Gasteiger partial charge in [-0.1, -0.05) is 26.0 Å². The number of halogens is 2. The summed E-state index contributed by atoms with van der Waals surface area (Å²) < 4.78 is 39.3. The van der Waals surface area contributed by atoms with Gasteiger partial charge in [-0.25, -0.2) is 23.5 Å².